The molecule has 1 aromatic heterocycles. The summed E-state index contributed by atoms with van der Waals surface area (Å²) in [5.41, 5.74) is 1.27. The standard InChI is InChI=1S/C18H12N4O2/c19-12-13-5-4-6-14(11-13)20-18(24)16-9-10-17(23)22(21-16)15-7-2-1-3-8-15/h1-11H,(H,20,24). The Balaban J connectivity index is 1.91. The number of benzene rings is 2. The molecule has 3 rings (SSSR count). The zero-order chi connectivity index (χ0) is 16.9. The average Bonchev–Trinajstić information content (AvgIpc) is 2.63. The lowest BCUT2D eigenvalue weighted by Gasteiger charge is -2.08. The minimum atomic E-state index is -0.463. The molecule has 2 aromatic carbocycles. The Labute approximate surface area is 137 Å². The third kappa shape index (κ3) is 3.20. The van der Waals surface area contributed by atoms with Crippen molar-refractivity contribution >= 4 is 11.6 Å². The molecule has 0 saturated carbocycles. The summed E-state index contributed by atoms with van der Waals surface area (Å²) in [5.74, 6) is -0.463. The van der Waals surface area contributed by atoms with Crippen LogP contribution in [-0.4, -0.2) is 15.7 Å². The summed E-state index contributed by atoms with van der Waals surface area (Å²) in [4.78, 5) is 24.3. The lowest BCUT2D eigenvalue weighted by Crippen LogP contribution is -2.24. The van der Waals surface area contributed by atoms with Gasteiger partial charge in [0.25, 0.3) is 11.5 Å². The summed E-state index contributed by atoms with van der Waals surface area (Å²) in [6.45, 7) is 0. The topological polar surface area (TPSA) is 87.8 Å². The van der Waals surface area contributed by atoms with Crippen LogP contribution in [0.4, 0.5) is 5.69 Å². The minimum Gasteiger partial charge on any atom is -0.321 e. The molecule has 0 spiro atoms. The number of nitrogens with one attached hydrogen (secondary N) is 1. The highest BCUT2D eigenvalue weighted by Crippen LogP contribution is 2.11. The van der Waals surface area contributed by atoms with E-state index in [2.05, 4.69) is 10.4 Å². The first-order valence-corrected chi connectivity index (χ1v) is 7.15. The first-order chi connectivity index (χ1) is 11.7. The number of rotatable bonds is 3. The molecule has 6 heteroatoms. The second-order valence-electron chi connectivity index (χ2n) is 4.95. The van der Waals surface area contributed by atoms with Crippen molar-refractivity contribution in [1.82, 2.24) is 9.78 Å². The average molecular weight is 316 g/mol. The van der Waals surface area contributed by atoms with E-state index < -0.39 is 5.91 Å². The molecule has 6 nitrogen and oxygen atoms in total. The smallest absolute Gasteiger partial charge is 0.276 e. The molecule has 24 heavy (non-hydrogen) atoms. The van der Waals surface area contributed by atoms with Gasteiger partial charge in [-0.25, -0.2) is 0 Å². The fourth-order valence-corrected chi connectivity index (χ4v) is 2.15. The lowest BCUT2D eigenvalue weighted by molar-refractivity contribution is 0.102. The summed E-state index contributed by atoms with van der Waals surface area (Å²) < 4.78 is 1.17. The van der Waals surface area contributed by atoms with E-state index in [1.165, 1.54) is 16.8 Å². The van der Waals surface area contributed by atoms with Gasteiger partial charge in [0, 0.05) is 11.8 Å². The van der Waals surface area contributed by atoms with E-state index in [0.717, 1.165) is 0 Å². The molecular weight excluding hydrogens is 304 g/mol. The van der Waals surface area contributed by atoms with Gasteiger partial charge in [-0.3, -0.25) is 9.59 Å². The summed E-state index contributed by atoms with van der Waals surface area (Å²) in [6, 6.07) is 20.1. The van der Waals surface area contributed by atoms with Crippen molar-refractivity contribution in [3.63, 3.8) is 0 Å². The number of para-hydroxylation sites is 1. The summed E-state index contributed by atoms with van der Waals surface area (Å²) in [5, 5.41) is 15.7. The highest BCUT2D eigenvalue weighted by atomic mass is 16.2. The maximum Gasteiger partial charge on any atom is 0.276 e. The van der Waals surface area contributed by atoms with Crippen molar-refractivity contribution in [3.05, 3.63) is 88.3 Å². The first kappa shape index (κ1) is 15.2. The van der Waals surface area contributed by atoms with E-state index in [0.29, 0.717) is 16.9 Å². The van der Waals surface area contributed by atoms with Crippen molar-refractivity contribution < 1.29 is 4.79 Å². The molecule has 0 aliphatic carbocycles. The van der Waals surface area contributed by atoms with Gasteiger partial charge in [-0.2, -0.15) is 15.0 Å². The van der Waals surface area contributed by atoms with E-state index in [1.807, 2.05) is 12.1 Å². The van der Waals surface area contributed by atoms with Crippen molar-refractivity contribution in [2.75, 3.05) is 5.32 Å². The molecule has 1 N–H and O–H groups in total. The van der Waals surface area contributed by atoms with Gasteiger partial charge in [0.05, 0.1) is 17.3 Å². The fourth-order valence-electron chi connectivity index (χ4n) is 2.15. The van der Waals surface area contributed by atoms with Gasteiger partial charge in [0.1, 0.15) is 5.69 Å². The molecule has 0 unspecified atom stereocenters. The van der Waals surface area contributed by atoms with E-state index in [-0.39, 0.29) is 11.3 Å². The van der Waals surface area contributed by atoms with Crippen molar-refractivity contribution in [1.29, 1.82) is 5.26 Å². The van der Waals surface area contributed by atoms with Crippen LogP contribution in [0.2, 0.25) is 0 Å². The molecule has 0 radical (unpaired) electrons. The van der Waals surface area contributed by atoms with Gasteiger partial charge in [-0.15, -0.1) is 0 Å². The van der Waals surface area contributed by atoms with E-state index in [1.54, 1.807) is 48.5 Å². The molecule has 116 valence electrons. The summed E-state index contributed by atoms with van der Waals surface area (Å²) in [6.07, 6.45) is 0. The second kappa shape index (κ2) is 6.58. The molecular formula is C18H12N4O2. The van der Waals surface area contributed by atoms with Gasteiger partial charge in [-0.1, -0.05) is 24.3 Å². The minimum absolute atomic E-state index is 0.0980. The van der Waals surface area contributed by atoms with Crippen LogP contribution in [0.15, 0.2) is 71.5 Å². The van der Waals surface area contributed by atoms with Crippen LogP contribution < -0.4 is 10.9 Å². The van der Waals surface area contributed by atoms with Crippen LogP contribution >= 0.6 is 0 Å². The summed E-state index contributed by atoms with van der Waals surface area (Å²) >= 11 is 0. The van der Waals surface area contributed by atoms with E-state index >= 15 is 0 Å². The van der Waals surface area contributed by atoms with Gasteiger partial charge >= 0.3 is 0 Å². The number of anilines is 1. The largest absolute Gasteiger partial charge is 0.321 e. The predicted molar refractivity (Wildman–Crippen MR) is 88.9 cm³/mol. The first-order valence-electron chi connectivity index (χ1n) is 7.15. The molecule has 1 amide bonds. The van der Waals surface area contributed by atoms with Crippen LogP contribution in [-0.2, 0) is 0 Å². The maximum absolute atomic E-state index is 12.3. The van der Waals surface area contributed by atoms with Crippen molar-refractivity contribution in [3.8, 4) is 11.8 Å². The van der Waals surface area contributed by atoms with Gasteiger partial charge in [-0.05, 0) is 36.4 Å². The second-order valence-corrected chi connectivity index (χ2v) is 4.95. The SMILES string of the molecule is N#Cc1cccc(NC(=O)c2ccc(=O)n(-c3ccccc3)n2)c1. The van der Waals surface area contributed by atoms with Gasteiger partial charge < -0.3 is 5.32 Å². The number of aromatic nitrogens is 2. The quantitative estimate of drug-likeness (QED) is 0.803. The molecule has 3 aromatic rings. The number of nitrogens with zero attached hydrogens (tertiary/aromatic N) is 3. The van der Waals surface area contributed by atoms with Crippen LogP contribution in [0.5, 0.6) is 0 Å². The monoisotopic (exact) mass is 316 g/mol. The van der Waals surface area contributed by atoms with Crippen LogP contribution in [0, 0.1) is 11.3 Å². The molecule has 0 bridgehead atoms. The Morgan fingerprint density at radius 1 is 1.04 bits per heavy atom. The van der Waals surface area contributed by atoms with Crippen LogP contribution in [0.1, 0.15) is 16.1 Å². The Morgan fingerprint density at radius 3 is 2.58 bits per heavy atom. The van der Waals surface area contributed by atoms with Crippen molar-refractivity contribution in [2.24, 2.45) is 0 Å². The normalized spacial score (nSPS) is 9.96. The van der Waals surface area contributed by atoms with E-state index in [9.17, 15) is 9.59 Å². The lowest BCUT2D eigenvalue weighted by atomic mass is 10.2. The number of hydrogen-bond donors (Lipinski definition) is 1. The highest BCUT2D eigenvalue weighted by molar-refractivity contribution is 6.02. The van der Waals surface area contributed by atoms with Crippen LogP contribution in [0.3, 0.4) is 0 Å². The molecule has 1 heterocycles. The zero-order valence-electron chi connectivity index (χ0n) is 12.5. The maximum atomic E-state index is 12.3. The van der Waals surface area contributed by atoms with Gasteiger partial charge in [0.15, 0.2) is 0 Å². The Morgan fingerprint density at radius 2 is 1.83 bits per heavy atom. The molecule has 0 aliphatic heterocycles. The van der Waals surface area contributed by atoms with Crippen LogP contribution in [0.25, 0.3) is 5.69 Å². The number of amides is 1. The summed E-state index contributed by atoms with van der Waals surface area (Å²) in [7, 11) is 0. The Bertz CT molecular complexity index is 988. The zero-order valence-corrected chi connectivity index (χ0v) is 12.5. The van der Waals surface area contributed by atoms with Crippen molar-refractivity contribution in [2.45, 2.75) is 0 Å². The third-order valence-corrected chi connectivity index (χ3v) is 3.28. The molecule has 0 atom stereocenters. The number of nitriles is 1. The highest BCUT2D eigenvalue weighted by Gasteiger charge is 2.11. The third-order valence-electron chi connectivity index (χ3n) is 3.28. The predicted octanol–water partition coefficient (Wildman–Crippen LogP) is 2.36. The number of carbonyl (C=O) groups is 1. The number of carbonyl (C=O) groups excluding carboxylic acids is 1. The number of hydrogen-bond acceptors (Lipinski definition) is 4. The van der Waals surface area contributed by atoms with E-state index in [4.69, 9.17) is 5.26 Å². The van der Waals surface area contributed by atoms with Gasteiger partial charge in [0.2, 0.25) is 0 Å². The Kier molecular flexibility index (Phi) is 4.17. The molecule has 0 fully saturated rings. The Hall–Kier alpha value is -3.72. The fraction of sp³-hybridized carbons (Fsp3) is 0. The molecule has 0 saturated heterocycles. The molecule has 0 aliphatic rings.